The van der Waals surface area contributed by atoms with Gasteiger partial charge in [-0.15, -0.1) is 0 Å². The number of thiophene rings is 1. The summed E-state index contributed by atoms with van der Waals surface area (Å²) in [4.78, 5) is 25.1. The Morgan fingerprint density at radius 3 is 2.65 bits per heavy atom. The number of fused-ring (bicyclic) bond motifs is 1. The third-order valence-electron chi connectivity index (χ3n) is 5.86. The average molecular weight is 446 g/mol. The van der Waals surface area contributed by atoms with Crippen molar-refractivity contribution in [3.8, 4) is 11.1 Å². The van der Waals surface area contributed by atoms with Gasteiger partial charge in [0.1, 0.15) is 11.5 Å². The maximum absolute atomic E-state index is 13.4. The summed E-state index contributed by atoms with van der Waals surface area (Å²) in [5.41, 5.74) is 0.781. The number of pyridine rings is 2. The highest BCUT2D eigenvalue weighted by Crippen LogP contribution is 2.37. The first-order valence-electron chi connectivity index (χ1n) is 10.3. The van der Waals surface area contributed by atoms with Gasteiger partial charge in [0, 0.05) is 49.2 Å². The normalized spacial score (nSPS) is 17.8. The monoisotopic (exact) mass is 446 g/mol. The second-order valence-corrected chi connectivity index (χ2v) is 8.82. The lowest BCUT2D eigenvalue weighted by Crippen LogP contribution is -2.36. The number of carbonyl (C=O) groups excluding carboxylic acids is 1. The number of alkyl halides is 3. The fourth-order valence-electron chi connectivity index (χ4n) is 4.08. The van der Waals surface area contributed by atoms with Crippen molar-refractivity contribution in [2.75, 3.05) is 31.1 Å². The molecule has 0 spiro atoms. The molecule has 3 aromatic rings. The summed E-state index contributed by atoms with van der Waals surface area (Å²) in [6.45, 7) is 2.58. The lowest BCUT2D eigenvalue weighted by atomic mass is 10.1. The SMILES string of the molecule is O=C(C1CC1)N1CCCN(c2ncc(-c3ccsc3)c3nc(C(F)(F)F)ccc23)CC1. The first-order chi connectivity index (χ1) is 14.9. The molecule has 5 rings (SSSR count). The van der Waals surface area contributed by atoms with E-state index in [0.717, 1.165) is 30.9 Å². The minimum Gasteiger partial charge on any atom is -0.354 e. The molecule has 0 bridgehead atoms. The fraction of sp³-hybridized carbons (Fsp3) is 0.409. The van der Waals surface area contributed by atoms with Crippen LogP contribution in [0.1, 0.15) is 25.0 Å². The number of aromatic nitrogens is 2. The van der Waals surface area contributed by atoms with Gasteiger partial charge >= 0.3 is 6.18 Å². The molecule has 1 saturated carbocycles. The van der Waals surface area contributed by atoms with Crippen molar-refractivity contribution in [3.63, 3.8) is 0 Å². The molecule has 9 heteroatoms. The van der Waals surface area contributed by atoms with E-state index in [4.69, 9.17) is 0 Å². The summed E-state index contributed by atoms with van der Waals surface area (Å²) in [6, 6.07) is 4.35. The zero-order valence-electron chi connectivity index (χ0n) is 16.7. The van der Waals surface area contributed by atoms with E-state index in [1.165, 1.54) is 17.4 Å². The van der Waals surface area contributed by atoms with Crippen molar-refractivity contribution in [1.29, 1.82) is 0 Å². The van der Waals surface area contributed by atoms with Crippen molar-refractivity contribution in [2.45, 2.75) is 25.4 Å². The predicted octanol–water partition coefficient (Wildman–Crippen LogP) is 4.83. The lowest BCUT2D eigenvalue weighted by molar-refractivity contribution is -0.141. The third kappa shape index (κ3) is 3.98. The van der Waals surface area contributed by atoms with Gasteiger partial charge in [-0.25, -0.2) is 9.97 Å². The fourth-order valence-corrected chi connectivity index (χ4v) is 4.73. The summed E-state index contributed by atoms with van der Waals surface area (Å²) in [5.74, 6) is 1.03. The van der Waals surface area contributed by atoms with Gasteiger partial charge in [-0.3, -0.25) is 4.79 Å². The molecule has 0 radical (unpaired) electrons. The molecule has 1 amide bonds. The Balaban J connectivity index is 1.53. The molecule has 0 aromatic carbocycles. The van der Waals surface area contributed by atoms with Crippen LogP contribution in [0.15, 0.2) is 35.2 Å². The van der Waals surface area contributed by atoms with Gasteiger partial charge in [0.25, 0.3) is 0 Å². The number of amides is 1. The van der Waals surface area contributed by atoms with E-state index in [-0.39, 0.29) is 11.8 Å². The molecule has 2 fully saturated rings. The van der Waals surface area contributed by atoms with Crippen molar-refractivity contribution in [3.05, 3.63) is 40.8 Å². The topological polar surface area (TPSA) is 49.3 Å². The molecule has 1 saturated heterocycles. The van der Waals surface area contributed by atoms with E-state index in [1.807, 2.05) is 21.7 Å². The van der Waals surface area contributed by atoms with Crippen LogP contribution in [-0.4, -0.2) is 47.0 Å². The van der Waals surface area contributed by atoms with Gasteiger partial charge in [0.05, 0.1) is 5.52 Å². The minimum absolute atomic E-state index is 0.181. The summed E-state index contributed by atoms with van der Waals surface area (Å²) in [5, 5.41) is 4.35. The summed E-state index contributed by atoms with van der Waals surface area (Å²) in [7, 11) is 0. The smallest absolute Gasteiger partial charge is 0.354 e. The molecule has 1 aliphatic carbocycles. The highest BCUT2D eigenvalue weighted by Gasteiger charge is 2.35. The number of hydrogen-bond acceptors (Lipinski definition) is 5. The quantitative estimate of drug-likeness (QED) is 0.579. The molecule has 0 unspecified atom stereocenters. The number of carbonyl (C=O) groups is 1. The molecule has 162 valence electrons. The first-order valence-corrected chi connectivity index (χ1v) is 11.3. The Bertz CT molecular complexity index is 1110. The van der Waals surface area contributed by atoms with E-state index in [1.54, 1.807) is 6.20 Å². The lowest BCUT2D eigenvalue weighted by Gasteiger charge is -2.24. The zero-order chi connectivity index (χ0) is 21.6. The van der Waals surface area contributed by atoms with Gasteiger partial charge in [0.15, 0.2) is 0 Å². The first kappa shape index (κ1) is 20.2. The van der Waals surface area contributed by atoms with Crippen molar-refractivity contribution in [2.24, 2.45) is 5.92 Å². The maximum atomic E-state index is 13.4. The number of halogens is 3. The number of anilines is 1. The number of rotatable bonds is 3. The maximum Gasteiger partial charge on any atom is 0.433 e. The van der Waals surface area contributed by atoms with E-state index in [9.17, 15) is 18.0 Å². The Kier molecular flexibility index (Phi) is 5.08. The van der Waals surface area contributed by atoms with Crippen LogP contribution >= 0.6 is 11.3 Å². The van der Waals surface area contributed by atoms with Gasteiger partial charge < -0.3 is 9.80 Å². The summed E-state index contributed by atoms with van der Waals surface area (Å²) >= 11 is 1.47. The van der Waals surface area contributed by atoms with Crippen LogP contribution in [0.3, 0.4) is 0 Å². The Morgan fingerprint density at radius 2 is 1.94 bits per heavy atom. The molecule has 0 N–H and O–H groups in total. The van der Waals surface area contributed by atoms with Gasteiger partial charge in [-0.1, -0.05) is 0 Å². The van der Waals surface area contributed by atoms with E-state index >= 15 is 0 Å². The number of nitrogens with zero attached hydrogens (tertiary/aromatic N) is 4. The van der Waals surface area contributed by atoms with E-state index in [2.05, 4.69) is 14.9 Å². The number of hydrogen-bond donors (Lipinski definition) is 0. The van der Waals surface area contributed by atoms with Crippen LogP contribution in [0.2, 0.25) is 0 Å². The molecule has 0 atom stereocenters. The average Bonchev–Trinajstić information content (AvgIpc) is 3.52. The van der Waals surface area contributed by atoms with Crippen LogP contribution < -0.4 is 4.90 Å². The highest BCUT2D eigenvalue weighted by molar-refractivity contribution is 7.08. The largest absolute Gasteiger partial charge is 0.433 e. The molecule has 31 heavy (non-hydrogen) atoms. The Labute approximate surface area is 181 Å². The van der Waals surface area contributed by atoms with Crippen LogP contribution in [-0.2, 0) is 11.0 Å². The van der Waals surface area contributed by atoms with Crippen LogP contribution in [0.4, 0.5) is 19.0 Å². The molecular weight excluding hydrogens is 425 g/mol. The third-order valence-corrected chi connectivity index (χ3v) is 6.55. The van der Waals surface area contributed by atoms with Crippen molar-refractivity contribution in [1.82, 2.24) is 14.9 Å². The molecule has 1 aliphatic heterocycles. The standard InChI is InChI=1S/C22H21F3N4OS/c23-22(24,25)18-5-4-16-19(27-18)17(15-6-11-31-13-15)12-26-20(16)28-7-1-8-29(10-9-28)21(30)14-2-3-14/h4-6,11-14H,1-3,7-10H2. The molecule has 3 aromatic heterocycles. The second kappa shape index (κ2) is 7.78. The van der Waals surface area contributed by atoms with Crippen LogP contribution in [0.25, 0.3) is 22.0 Å². The minimum atomic E-state index is -4.52. The Hall–Kier alpha value is -2.68. The highest BCUT2D eigenvalue weighted by atomic mass is 32.1. The van der Waals surface area contributed by atoms with E-state index < -0.39 is 11.9 Å². The second-order valence-electron chi connectivity index (χ2n) is 8.04. The van der Waals surface area contributed by atoms with Crippen LogP contribution in [0, 0.1) is 5.92 Å². The molecular formula is C22H21F3N4OS. The van der Waals surface area contributed by atoms with Gasteiger partial charge in [-0.05, 0) is 53.8 Å². The zero-order valence-corrected chi connectivity index (χ0v) is 17.5. The Morgan fingerprint density at radius 1 is 1.10 bits per heavy atom. The van der Waals surface area contributed by atoms with Crippen molar-refractivity contribution >= 4 is 34.0 Å². The van der Waals surface area contributed by atoms with Gasteiger partial charge in [0.2, 0.25) is 5.91 Å². The predicted molar refractivity (Wildman–Crippen MR) is 114 cm³/mol. The molecule has 5 nitrogen and oxygen atoms in total. The summed E-state index contributed by atoms with van der Waals surface area (Å²) in [6.07, 6.45) is -0.159. The summed E-state index contributed by atoms with van der Waals surface area (Å²) < 4.78 is 40.1. The van der Waals surface area contributed by atoms with Crippen molar-refractivity contribution < 1.29 is 18.0 Å². The van der Waals surface area contributed by atoms with E-state index in [0.29, 0.717) is 48.5 Å². The van der Waals surface area contributed by atoms with Gasteiger partial charge in [-0.2, -0.15) is 24.5 Å². The molecule has 2 aliphatic rings. The van der Waals surface area contributed by atoms with Crippen LogP contribution in [0.5, 0.6) is 0 Å². The molecule has 4 heterocycles.